The van der Waals surface area contributed by atoms with Gasteiger partial charge in [-0.1, -0.05) is 6.92 Å². The predicted octanol–water partition coefficient (Wildman–Crippen LogP) is 2.44. The van der Waals surface area contributed by atoms with E-state index in [1.165, 1.54) is 25.7 Å². The molecule has 2 N–H and O–H groups in total. The van der Waals surface area contributed by atoms with E-state index in [0.29, 0.717) is 12.5 Å². The molecule has 0 aromatic carbocycles. The third-order valence-electron chi connectivity index (χ3n) is 5.14. The molecule has 6 atom stereocenters. The standard InChI is InChI=1S/C14H26O2/c1-9-5-13-7-12(10(2)16)8-14(13)6-11(9)3-4-15/h9-16H,3-8H2,1-2H3. The van der Waals surface area contributed by atoms with Crippen LogP contribution in [0.4, 0.5) is 0 Å². The van der Waals surface area contributed by atoms with Crippen molar-refractivity contribution in [2.45, 2.75) is 52.1 Å². The predicted molar refractivity (Wildman–Crippen MR) is 65.0 cm³/mol. The van der Waals surface area contributed by atoms with Crippen LogP contribution in [0.3, 0.4) is 0 Å². The van der Waals surface area contributed by atoms with Gasteiger partial charge in [0.2, 0.25) is 0 Å². The Morgan fingerprint density at radius 1 is 1.12 bits per heavy atom. The zero-order valence-electron chi connectivity index (χ0n) is 10.6. The van der Waals surface area contributed by atoms with Crippen LogP contribution >= 0.6 is 0 Å². The molecule has 0 saturated heterocycles. The van der Waals surface area contributed by atoms with Crippen LogP contribution in [0.5, 0.6) is 0 Å². The first-order valence-electron chi connectivity index (χ1n) is 6.90. The second-order valence-corrected chi connectivity index (χ2v) is 6.21. The Labute approximate surface area is 99.1 Å². The van der Waals surface area contributed by atoms with Crippen molar-refractivity contribution in [3.05, 3.63) is 0 Å². The molecule has 16 heavy (non-hydrogen) atoms. The molecule has 2 nitrogen and oxygen atoms in total. The van der Waals surface area contributed by atoms with E-state index in [1.807, 2.05) is 6.92 Å². The number of hydrogen-bond acceptors (Lipinski definition) is 2. The molecule has 2 aliphatic carbocycles. The summed E-state index contributed by atoms with van der Waals surface area (Å²) in [4.78, 5) is 0. The summed E-state index contributed by atoms with van der Waals surface area (Å²) in [5.41, 5.74) is 0. The molecule has 6 unspecified atom stereocenters. The maximum atomic E-state index is 9.69. The van der Waals surface area contributed by atoms with Crippen molar-refractivity contribution in [1.29, 1.82) is 0 Å². The van der Waals surface area contributed by atoms with Crippen molar-refractivity contribution in [2.75, 3.05) is 6.61 Å². The fourth-order valence-corrected chi connectivity index (χ4v) is 4.09. The quantitative estimate of drug-likeness (QED) is 0.776. The van der Waals surface area contributed by atoms with Gasteiger partial charge in [-0.15, -0.1) is 0 Å². The summed E-state index contributed by atoms with van der Waals surface area (Å²) in [5.74, 6) is 3.70. The molecule has 0 bridgehead atoms. The Bertz CT molecular complexity index is 227. The van der Waals surface area contributed by atoms with Crippen LogP contribution in [-0.4, -0.2) is 22.9 Å². The van der Waals surface area contributed by atoms with Crippen molar-refractivity contribution >= 4 is 0 Å². The summed E-state index contributed by atoms with van der Waals surface area (Å²) in [6.45, 7) is 4.62. The SMILES string of the molecule is CC(O)C1CC2CC(C)C(CCO)CC2C1. The molecule has 2 heteroatoms. The molecular formula is C14H26O2. The lowest BCUT2D eigenvalue weighted by Crippen LogP contribution is -2.28. The summed E-state index contributed by atoms with van der Waals surface area (Å²) in [7, 11) is 0. The number of aliphatic hydroxyl groups is 2. The van der Waals surface area contributed by atoms with Gasteiger partial charge in [-0.2, -0.15) is 0 Å². The van der Waals surface area contributed by atoms with Crippen molar-refractivity contribution in [2.24, 2.45) is 29.6 Å². The molecule has 0 amide bonds. The fraction of sp³-hybridized carbons (Fsp3) is 1.00. The largest absolute Gasteiger partial charge is 0.396 e. The summed E-state index contributed by atoms with van der Waals surface area (Å²) in [6.07, 6.45) is 5.91. The molecule has 0 aliphatic heterocycles. The highest BCUT2D eigenvalue weighted by Gasteiger charge is 2.42. The number of fused-ring (bicyclic) bond motifs is 1. The van der Waals surface area contributed by atoms with E-state index in [4.69, 9.17) is 5.11 Å². The molecule has 94 valence electrons. The van der Waals surface area contributed by atoms with Crippen LogP contribution in [0, 0.1) is 29.6 Å². The van der Waals surface area contributed by atoms with Crippen LogP contribution < -0.4 is 0 Å². The Hall–Kier alpha value is -0.0800. The maximum Gasteiger partial charge on any atom is 0.0540 e. The van der Waals surface area contributed by atoms with Crippen LogP contribution in [0.15, 0.2) is 0 Å². The van der Waals surface area contributed by atoms with Gasteiger partial charge < -0.3 is 10.2 Å². The van der Waals surface area contributed by atoms with Crippen molar-refractivity contribution in [3.8, 4) is 0 Å². The zero-order chi connectivity index (χ0) is 11.7. The van der Waals surface area contributed by atoms with E-state index in [2.05, 4.69) is 6.92 Å². The third kappa shape index (κ3) is 2.43. The van der Waals surface area contributed by atoms with Gasteiger partial charge >= 0.3 is 0 Å². The Morgan fingerprint density at radius 2 is 1.75 bits per heavy atom. The van der Waals surface area contributed by atoms with Crippen LogP contribution in [0.2, 0.25) is 0 Å². The lowest BCUT2D eigenvalue weighted by atomic mass is 9.69. The monoisotopic (exact) mass is 226 g/mol. The average Bonchev–Trinajstić information content (AvgIpc) is 2.61. The van der Waals surface area contributed by atoms with E-state index in [0.717, 1.165) is 30.1 Å². The van der Waals surface area contributed by atoms with Gasteiger partial charge in [0.1, 0.15) is 0 Å². The second-order valence-electron chi connectivity index (χ2n) is 6.21. The lowest BCUT2D eigenvalue weighted by Gasteiger charge is -2.36. The highest BCUT2D eigenvalue weighted by Crippen LogP contribution is 2.50. The normalized spacial score (nSPS) is 45.4. The zero-order valence-corrected chi connectivity index (χ0v) is 10.6. The Morgan fingerprint density at radius 3 is 2.31 bits per heavy atom. The number of rotatable bonds is 3. The first-order valence-corrected chi connectivity index (χ1v) is 6.90. The van der Waals surface area contributed by atoms with Crippen LogP contribution in [0.1, 0.15) is 46.0 Å². The minimum absolute atomic E-state index is 0.128. The van der Waals surface area contributed by atoms with E-state index < -0.39 is 0 Å². The molecule has 0 aromatic rings. The van der Waals surface area contributed by atoms with Gasteiger partial charge in [-0.3, -0.25) is 0 Å². The Kier molecular flexibility index (Phi) is 3.91. The van der Waals surface area contributed by atoms with Gasteiger partial charge in [0.25, 0.3) is 0 Å². The summed E-state index contributed by atoms with van der Waals surface area (Å²) in [5, 5.41) is 18.8. The fourth-order valence-electron chi connectivity index (χ4n) is 4.09. The molecular weight excluding hydrogens is 200 g/mol. The van der Waals surface area contributed by atoms with E-state index >= 15 is 0 Å². The summed E-state index contributed by atoms with van der Waals surface area (Å²) >= 11 is 0. The molecule has 0 radical (unpaired) electrons. The van der Waals surface area contributed by atoms with E-state index in [9.17, 15) is 5.11 Å². The highest BCUT2D eigenvalue weighted by molar-refractivity contribution is 4.92. The molecule has 0 spiro atoms. The van der Waals surface area contributed by atoms with Gasteiger partial charge in [0, 0.05) is 6.61 Å². The average molecular weight is 226 g/mol. The topological polar surface area (TPSA) is 40.5 Å². The van der Waals surface area contributed by atoms with Crippen LogP contribution in [-0.2, 0) is 0 Å². The van der Waals surface area contributed by atoms with Gasteiger partial charge in [0.05, 0.1) is 6.10 Å². The van der Waals surface area contributed by atoms with Crippen molar-refractivity contribution in [1.82, 2.24) is 0 Å². The smallest absolute Gasteiger partial charge is 0.0540 e. The minimum atomic E-state index is -0.128. The molecule has 2 rings (SSSR count). The molecule has 2 saturated carbocycles. The van der Waals surface area contributed by atoms with Crippen LogP contribution in [0.25, 0.3) is 0 Å². The first kappa shape index (κ1) is 12.4. The molecule has 0 heterocycles. The number of aliphatic hydroxyl groups excluding tert-OH is 2. The second kappa shape index (κ2) is 5.05. The van der Waals surface area contributed by atoms with Gasteiger partial charge in [-0.25, -0.2) is 0 Å². The molecule has 2 aliphatic rings. The van der Waals surface area contributed by atoms with Gasteiger partial charge in [0.15, 0.2) is 0 Å². The van der Waals surface area contributed by atoms with E-state index in [1.54, 1.807) is 0 Å². The maximum absolute atomic E-state index is 9.69. The molecule has 0 aromatic heterocycles. The lowest BCUT2D eigenvalue weighted by molar-refractivity contribution is 0.117. The molecule has 2 fully saturated rings. The van der Waals surface area contributed by atoms with Gasteiger partial charge in [-0.05, 0) is 68.6 Å². The summed E-state index contributed by atoms with van der Waals surface area (Å²) < 4.78 is 0. The number of hydrogen-bond donors (Lipinski definition) is 2. The third-order valence-corrected chi connectivity index (χ3v) is 5.14. The van der Waals surface area contributed by atoms with Crippen molar-refractivity contribution in [3.63, 3.8) is 0 Å². The highest BCUT2D eigenvalue weighted by atomic mass is 16.3. The Balaban J connectivity index is 1.94. The summed E-state index contributed by atoms with van der Waals surface area (Å²) in [6, 6.07) is 0. The van der Waals surface area contributed by atoms with E-state index in [-0.39, 0.29) is 6.10 Å². The van der Waals surface area contributed by atoms with Crippen molar-refractivity contribution < 1.29 is 10.2 Å². The first-order chi connectivity index (χ1) is 7.61. The minimum Gasteiger partial charge on any atom is -0.396 e.